The quantitative estimate of drug-likeness (QED) is 0.582. The molecule has 19 heavy (non-hydrogen) atoms. The molecule has 1 unspecified atom stereocenters. The molecule has 1 aromatic carbocycles. The average molecular weight is 261 g/mol. The van der Waals surface area contributed by atoms with Gasteiger partial charge in [-0.3, -0.25) is 4.79 Å². The maximum atomic E-state index is 10.9. The standard InChI is InChI=1S/C16H23NO2/c1-14-6-4-9-17(12-14)10-5-11-19-16-8-3-2-7-15(16)13-18/h2-3,7-8,13-14H,4-6,9-12H2,1H3. The highest BCUT2D eigenvalue weighted by Gasteiger charge is 2.15. The summed E-state index contributed by atoms with van der Waals surface area (Å²) in [5.74, 6) is 1.52. The second kappa shape index (κ2) is 7.29. The van der Waals surface area contributed by atoms with Crippen molar-refractivity contribution in [3.8, 4) is 5.75 Å². The van der Waals surface area contributed by atoms with Crippen molar-refractivity contribution in [2.24, 2.45) is 5.92 Å². The molecule has 0 N–H and O–H groups in total. The van der Waals surface area contributed by atoms with Gasteiger partial charge in [-0.2, -0.15) is 0 Å². The van der Waals surface area contributed by atoms with Gasteiger partial charge in [0.05, 0.1) is 12.2 Å². The first-order valence-corrected chi connectivity index (χ1v) is 7.19. The zero-order valence-electron chi connectivity index (χ0n) is 11.7. The van der Waals surface area contributed by atoms with Crippen LogP contribution in [0.25, 0.3) is 0 Å². The molecule has 1 saturated heterocycles. The Labute approximate surface area is 115 Å². The first-order chi connectivity index (χ1) is 9.29. The molecule has 0 radical (unpaired) electrons. The molecule has 0 aliphatic carbocycles. The third-order valence-corrected chi connectivity index (χ3v) is 3.66. The maximum Gasteiger partial charge on any atom is 0.153 e. The van der Waals surface area contributed by atoms with Crippen LogP contribution in [0.15, 0.2) is 24.3 Å². The number of ether oxygens (including phenoxy) is 1. The smallest absolute Gasteiger partial charge is 0.153 e. The van der Waals surface area contributed by atoms with Crippen molar-refractivity contribution in [1.29, 1.82) is 0 Å². The molecule has 104 valence electrons. The fourth-order valence-electron chi connectivity index (χ4n) is 2.67. The van der Waals surface area contributed by atoms with E-state index in [1.54, 1.807) is 6.07 Å². The zero-order chi connectivity index (χ0) is 13.5. The van der Waals surface area contributed by atoms with Gasteiger partial charge in [0.2, 0.25) is 0 Å². The van der Waals surface area contributed by atoms with E-state index in [9.17, 15) is 4.79 Å². The predicted octanol–water partition coefficient (Wildman–Crippen LogP) is 3.00. The van der Waals surface area contributed by atoms with Crippen LogP contribution in [-0.2, 0) is 0 Å². The van der Waals surface area contributed by atoms with Crippen molar-refractivity contribution in [2.45, 2.75) is 26.2 Å². The first kappa shape index (κ1) is 14.1. The molecule has 1 aliphatic rings. The molecule has 1 aromatic rings. The van der Waals surface area contributed by atoms with Gasteiger partial charge in [-0.1, -0.05) is 19.1 Å². The number of para-hydroxylation sites is 1. The molecule has 1 fully saturated rings. The van der Waals surface area contributed by atoms with Crippen LogP contribution in [0.3, 0.4) is 0 Å². The Bertz CT molecular complexity index is 405. The van der Waals surface area contributed by atoms with E-state index in [0.717, 1.165) is 25.2 Å². The number of likely N-dealkylation sites (tertiary alicyclic amines) is 1. The van der Waals surface area contributed by atoms with E-state index in [2.05, 4.69) is 11.8 Å². The normalized spacial score (nSPS) is 20.2. The van der Waals surface area contributed by atoms with Gasteiger partial charge >= 0.3 is 0 Å². The summed E-state index contributed by atoms with van der Waals surface area (Å²) < 4.78 is 5.69. The van der Waals surface area contributed by atoms with Crippen molar-refractivity contribution >= 4 is 6.29 Å². The molecule has 2 rings (SSSR count). The van der Waals surface area contributed by atoms with E-state index in [1.165, 1.54) is 25.9 Å². The monoisotopic (exact) mass is 261 g/mol. The molecule has 3 heteroatoms. The fraction of sp³-hybridized carbons (Fsp3) is 0.562. The third kappa shape index (κ3) is 4.35. The van der Waals surface area contributed by atoms with Crippen LogP contribution in [0.2, 0.25) is 0 Å². The number of hydrogen-bond donors (Lipinski definition) is 0. The Balaban J connectivity index is 1.70. The highest BCUT2D eigenvalue weighted by atomic mass is 16.5. The van der Waals surface area contributed by atoms with Crippen LogP contribution < -0.4 is 4.74 Å². The molecule has 0 bridgehead atoms. The lowest BCUT2D eigenvalue weighted by molar-refractivity contribution is 0.111. The summed E-state index contributed by atoms with van der Waals surface area (Å²) in [6, 6.07) is 7.39. The maximum absolute atomic E-state index is 10.9. The number of piperidine rings is 1. The molecule has 0 spiro atoms. The second-order valence-electron chi connectivity index (χ2n) is 5.41. The van der Waals surface area contributed by atoms with Crippen molar-refractivity contribution in [3.63, 3.8) is 0 Å². The Morgan fingerprint density at radius 1 is 1.42 bits per heavy atom. The van der Waals surface area contributed by atoms with Crippen LogP contribution in [0, 0.1) is 5.92 Å². The Hall–Kier alpha value is -1.35. The molecule has 1 atom stereocenters. The number of nitrogens with zero attached hydrogens (tertiary/aromatic N) is 1. The van der Waals surface area contributed by atoms with Gasteiger partial charge < -0.3 is 9.64 Å². The lowest BCUT2D eigenvalue weighted by atomic mass is 10.0. The van der Waals surface area contributed by atoms with Crippen LogP contribution in [0.4, 0.5) is 0 Å². The topological polar surface area (TPSA) is 29.5 Å². The van der Waals surface area contributed by atoms with E-state index >= 15 is 0 Å². The number of rotatable bonds is 6. The Morgan fingerprint density at radius 2 is 2.26 bits per heavy atom. The number of carbonyl (C=O) groups is 1. The molecule has 1 heterocycles. The summed E-state index contributed by atoms with van der Waals surface area (Å²) in [6.07, 6.45) is 4.54. The SMILES string of the molecule is CC1CCCN(CCCOc2ccccc2C=O)C1. The summed E-state index contributed by atoms with van der Waals surface area (Å²) in [5.41, 5.74) is 0.633. The van der Waals surface area contributed by atoms with Crippen LogP contribution in [-0.4, -0.2) is 37.4 Å². The number of carbonyl (C=O) groups excluding carboxylic acids is 1. The van der Waals surface area contributed by atoms with E-state index in [1.807, 2.05) is 18.2 Å². The van der Waals surface area contributed by atoms with Gasteiger partial charge in [0, 0.05) is 13.1 Å². The van der Waals surface area contributed by atoms with Crippen LogP contribution in [0.5, 0.6) is 5.75 Å². The Morgan fingerprint density at radius 3 is 3.05 bits per heavy atom. The third-order valence-electron chi connectivity index (χ3n) is 3.66. The van der Waals surface area contributed by atoms with E-state index < -0.39 is 0 Å². The first-order valence-electron chi connectivity index (χ1n) is 7.19. The average Bonchev–Trinajstić information content (AvgIpc) is 2.44. The van der Waals surface area contributed by atoms with E-state index in [-0.39, 0.29) is 0 Å². The van der Waals surface area contributed by atoms with Gasteiger partial charge in [-0.05, 0) is 43.9 Å². The minimum absolute atomic E-state index is 0.633. The summed E-state index contributed by atoms with van der Waals surface area (Å²) in [6.45, 7) is 6.52. The number of benzene rings is 1. The minimum atomic E-state index is 0.633. The van der Waals surface area contributed by atoms with E-state index in [0.29, 0.717) is 17.9 Å². The highest BCUT2D eigenvalue weighted by Crippen LogP contribution is 2.17. The highest BCUT2D eigenvalue weighted by molar-refractivity contribution is 5.79. The number of hydrogen-bond acceptors (Lipinski definition) is 3. The minimum Gasteiger partial charge on any atom is -0.493 e. The van der Waals surface area contributed by atoms with Crippen molar-refractivity contribution in [2.75, 3.05) is 26.2 Å². The van der Waals surface area contributed by atoms with Gasteiger partial charge in [-0.15, -0.1) is 0 Å². The van der Waals surface area contributed by atoms with Crippen LogP contribution >= 0.6 is 0 Å². The molecular formula is C16H23NO2. The van der Waals surface area contributed by atoms with Crippen molar-refractivity contribution < 1.29 is 9.53 Å². The van der Waals surface area contributed by atoms with Gasteiger partial charge in [-0.25, -0.2) is 0 Å². The molecule has 0 saturated carbocycles. The number of aldehydes is 1. The zero-order valence-corrected chi connectivity index (χ0v) is 11.7. The second-order valence-corrected chi connectivity index (χ2v) is 5.41. The molecular weight excluding hydrogens is 238 g/mol. The van der Waals surface area contributed by atoms with E-state index in [4.69, 9.17) is 4.74 Å². The van der Waals surface area contributed by atoms with Crippen molar-refractivity contribution in [3.05, 3.63) is 29.8 Å². The summed E-state index contributed by atoms with van der Waals surface area (Å²) in [7, 11) is 0. The summed E-state index contributed by atoms with van der Waals surface area (Å²) in [4.78, 5) is 13.4. The predicted molar refractivity (Wildman–Crippen MR) is 76.8 cm³/mol. The van der Waals surface area contributed by atoms with Gasteiger partial charge in [0.15, 0.2) is 6.29 Å². The Kier molecular flexibility index (Phi) is 5.40. The molecule has 1 aliphatic heterocycles. The van der Waals surface area contributed by atoms with Gasteiger partial charge in [0.25, 0.3) is 0 Å². The lowest BCUT2D eigenvalue weighted by Crippen LogP contribution is -2.35. The molecule has 0 aromatic heterocycles. The molecule has 0 amide bonds. The summed E-state index contributed by atoms with van der Waals surface area (Å²) >= 11 is 0. The van der Waals surface area contributed by atoms with Crippen molar-refractivity contribution in [1.82, 2.24) is 4.90 Å². The largest absolute Gasteiger partial charge is 0.493 e. The molecule has 3 nitrogen and oxygen atoms in total. The fourth-order valence-corrected chi connectivity index (χ4v) is 2.67. The summed E-state index contributed by atoms with van der Waals surface area (Å²) in [5, 5.41) is 0. The van der Waals surface area contributed by atoms with Crippen LogP contribution in [0.1, 0.15) is 36.5 Å². The lowest BCUT2D eigenvalue weighted by Gasteiger charge is -2.30. The van der Waals surface area contributed by atoms with Gasteiger partial charge in [0.1, 0.15) is 5.75 Å².